The van der Waals surface area contributed by atoms with Crippen LogP contribution in [0, 0.1) is 5.92 Å². The van der Waals surface area contributed by atoms with Gasteiger partial charge in [0, 0.05) is 13.8 Å². The first-order valence-corrected chi connectivity index (χ1v) is 7.68. The van der Waals surface area contributed by atoms with Gasteiger partial charge < -0.3 is 19.1 Å². The van der Waals surface area contributed by atoms with Crippen LogP contribution in [-0.2, 0) is 23.3 Å². The smallest absolute Gasteiger partial charge is 0.325 e. The lowest BCUT2D eigenvalue weighted by Crippen LogP contribution is -2.48. The molecule has 3 unspecified atom stereocenters. The van der Waals surface area contributed by atoms with Crippen molar-refractivity contribution in [1.82, 2.24) is 0 Å². The van der Waals surface area contributed by atoms with E-state index in [0.29, 0.717) is 6.61 Å². The maximum absolute atomic E-state index is 11.5. The lowest BCUT2D eigenvalue weighted by Gasteiger charge is -2.35. The summed E-state index contributed by atoms with van der Waals surface area (Å²) in [7, 11) is -2.03. The van der Waals surface area contributed by atoms with Crippen LogP contribution in [0.2, 0.25) is 0 Å². The van der Waals surface area contributed by atoms with Crippen molar-refractivity contribution < 1.29 is 28.2 Å². The van der Waals surface area contributed by atoms with Gasteiger partial charge in [0.1, 0.15) is 11.2 Å². The van der Waals surface area contributed by atoms with Crippen molar-refractivity contribution in [1.29, 1.82) is 0 Å². The van der Waals surface area contributed by atoms with Gasteiger partial charge in [-0.2, -0.15) is 0 Å². The fourth-order valence-electron chi connectivity index (χ4n) is 3.53. The molecule has 7 heteroatoms. The highest BCUT2D eigenvalue weighted by Crippen LogP contribution is 2.73. The minimum Gasteiger partial charge on any atom is -0.382 e. The Morgan fingerprint density at radius 1 is 1.59 bits per heavy atom. The summed E-state index contributed by atoms with van der Waals surface area (Å²) in [6, 6.07) is 0. The van der Waals surface area contributed by atoms with Crippen LogP contribution in [0.25, 0.3) is 0 Å². The number of rotatable bonds is 4. The number of hydrogen-bond acceptors (Lipinski definition) is 5. The molecule has 1 aliphatic carbocycles. The van der Waals surface area contributed by atoms with E-state index in [2.05, 4.69) is 0 Å². The molecular formula is C10H17O6P. The fourth-order valence-corrected chi connectivity index (χ4v) is 4.46. The molecule has 98 valence electrons. The van der Waals surface area contributed by atoms with Gasteiger partial charge in [0.15, 0.2) is 0 Å². The van der Waals surface area contributed by atoms with Crippen LogP contribution in [0.15, 0.2) is 0 Å². The third kappa shape index (κ3) is 1.37. The summed E-state index contributed by atoms with van der Waals surface area (Å²) in [6.45, 7) is 3.80. The Balaban J connectivity index is 1.89. The van der Waals surface area contributed by atoms with Crippen LogP contribution >= 0.6 is 7.60 Å². The van der Waals surface area contributed by atoms with Gasteiger partial charge in [-0.05, 0) is 6.92 Å². The van der Waals surface area contributed by atoms with E-state index in [-0.39, 0.29) is 24.7 Å². The van der Waals surface area contributed by atoms with Crippen molar-refractivity contribution in [3.8, 4) is 0 Å². The summed E-state index contributed by atoms with van der Waals surface area (Å²) in [5.74, 6) is 0.00498. The van der Waals surface area contributed by atoms with E-state index in [9.17, 15) is 9.46 Å². The Hall–Kier alpha value is 0.0300. The molecule has 3 rings (SSSR count). The average molecular weight is 264 g/mol. The molecule has 0 aromatic heterocycles. The van der Waals surface area contributed by atoms with E-state index in [1.807, 2.05) is 6.92 Å². The summed E-state index contributed by atoms with van der Waals surface area (Å²) in [5, 5.41) is 0. The summed E-state index contributed by atoms with van der Waals surface area (Å²) >= 11 is 0. The summed E-state index contributed by atoms with van der Waals surface area (Å²) in [5.41, 5.74) is -1.39. The number of methoxy groups -OCH3 is 1. The van der Waals surface area contributed by atoms with Gasteiger partial charge in [-0.15, -0.1) is 0 Å². The number of ether oxygens (including phenoxy) is 3. The lowest BCUT2D eigenvalue weighted by molar-refractivity contribution is -0.183. The molecule has 1 saturated carbocycles. The van der Waals surface area contributed by atoms with Crippen molar-refractivity contribution in [2.75, 3.05) is 27.0 Å². The van der Waals surface area contributed by atoms with E-state index < -0.39 is 18.8 Å². The van der Waals surface area contributed by atoms with Crippen LogP contribution in [0.3, 0.4) is 0 Å². The van der Waals surface area contributed by atoms with E-state index in [1.54, 1.807) is 7.11 Å². The van der Waals surface area contributed by atoms with E-state index in [4.69, 9.17) is 18.7 Å². The molecule has 2 saturated heterocycles. The predicted molar refractivity (Wildman–Crippen MR) is 57.9 cm³/mol. The van der Waals surface area contributed by atoms with Crippen LogP contribution in [-0.4, -0.2) is 55.3 Å². The summed E-state index contributed by atoms with van der Waals surface area (Å²) < 4.78 is 33.5. The minimum atomic E-state index is -3.58. The van der Waals surface area contributed by atoms with Gasteiger partial charge in [0.2, 0.25) is 0 Å². The second-order valence-electron chi connectivity index (χ2n) is 5.18. The van der Waals surface area contributed by atoms with Crippen LogP contribution in [0.4, 0.5) is 0 Å². The Morgan fingerprint density at radius 2 is 2.29 bits per heavy atom. The SMILES string of the molecule is COCC1(OP(C)(=O)O)[C@H]2C3OC[C@]21O[C@H]3C. The average Bonchev–Trinajstić information content (AvgIpc) is 2.54. The van der Waals surface area contributed by atoms with E-state index in [1.165, 1.54) is 6.66 Å². The highest BCUT2D eigenvalue weighted by molar-refractivity contribution is 7.52. The molecule has 0 radical (unpaired) electrons. The second-order valence-corrected chi connectivity index (χ2v) is 6.97. The first-order valence-electron chi connectivity index (χ1n) is 5.66. The largest absolute Gasteiger partial charge is 0.382 e. The van der Waals surface area contributed by atoms with Crippen molar-refractivity contribution >= 4 is 7.60 Å². The zero-order chi connectivity index (χ0) is 12.5. The molecule has 0 aromatic carbocycles. The van der Waals surface area contributed by atoms with E-state index >= 15 is 0 Å². The molecule has 2 bridgehead atoms. The zero-order valence-electron chi connectivity index (χ0n) is 10.1. The monoisotopic (exact) mass is 264 g/mol. The normalized spacial score (nSPS) is 54.5. The van der Waals surface area contributed by atoms with Gasteiger partial charge in [-0.3, -0.25) is 9.09 Å². The molecule has 0 amide bonds. The quantitative estimate of drug-likeness (QED) is 0.740. The molecule has 3 fully saturated rings. The van der Waals surface area contributed by atoms with Crippen molar-refractivity contribution in [2.24, 2.45) is 5.92 Å². The third-order valence-corrected chi connectivity index (χ3v) is 4.67. The van der Waals surface area contributed by atoms with Crippen molar-refractivity contribution in [3.63, 3.8) is 0 Å². The molecule has 2 heterocycles. The Bertz CT molecular complexity index is 394. The standard InChI is InChI=1S/C10H17O6P/c1-6-7-8-9(15-6,5-14-7)10(8,4-13-2)16-17(3,11)12/h6-8H,4-5H2,1-3H3,(H,11,12)/t6-,7?,8-,9-,10?/m0/s1. The van der Waals surface area contributed by atoms with Gasteiger partial charge in [0.25, 0.3) is 0 Å². The number of hydrogen-bond donors (Lipinski definition) is 1. The van der Waals surface area contributed by atoms with Crippen molar-refractivity contribution in [2.45, 2.75) is 30.3 Å². The van der Waals surface area contributed by atoms with Crippen LogP contribution < -0.4 is 0 Å². The first kappa shape index (κ1) is 12.1. The lowest BCUT2D eigenvalue weighted by atomic mass is 10.1. The second kappa shape index (κ2) is 3.32. The summed E-state index contributed by atoms with van der Waals surface area (Å²) in [6.07, 6.45) is -0.0473. The molecule has 2 aliphatic heterocycles. The maximum atomic E-state index is 11.5. The Morgan fingerprint density at radius 3 is 2.71 bits per heavy atom. The van der Waals surface area contributed by atoms with Crippen LogP contribution in [0.5, 0.6) is 0 Å². The third-order valence-electron chi connectivity index (χ3n) is 4.01. The highest BCUT2D eigenvalue weighted by Gasteiger charge is 2.90. The summed E-state index contributed by atoms with van der Waals surface area (Å²) in [4.78, 5) is 9.45. The molecule has 3 aliphatic rings. The Labute approximate surface area is 99.7 Å². The molecule has 0 spiro atoms. The van der Waals surface area contributed by atoms with Crippen LogP contribution in [0.1, 0.15) is 6.92 Å². The molecule has 6 atom stereocenters. The molecule has 0 aromatic rings. The van der Waals surface area contributed by atoms with Gasteiger partial charge >= 0.3 is 7.60 Å². The predicted octanol–water partition coefficient (Wildman–Crippen LogP) is 0.389. The van der Waals surface area contributed by atoms with E-state index in [0.717, 1.165) is 0 Å². The first-order chi connectivity index (χ1) is 7.86. The molecular weight excluding hydrogens is 247 g/mol. The van der Waals surface area contributed by atoms with Gasteiger partial charge in [0.05, 0.1) is 31.3 Å². The maximum Gasteiger partial charge on any atom is 0.325 e. The van der Waals surface area contributed by atoms with Gasteiger partial charge in [-0.1, -0.05) is 0 Å². The topological polar surface area (TPSA) is 74.2 Å². The highest BCUT2D eigenvalue weighted by atomic mass is 31.2. The minimum absolute atomic E-state index is 0.00498. The Kier molecular flexibility index (Phi) is 2.36. The molecule has 17 heavy (non-hydrogen) atoms. The fraction of sp³-hybridized carbons (Fsp3) is 1.00. The van der Waals surface area contributed by atoms with Crippen molar-refractivity contribution in [3.05, 3.63) is 0 Å². The zero-order valence-corrected chi connectivity index (χ0v) is 11.0. The van der Waals surface area contributed by atoms with Gasteiger partial charge in [-0.25, -0.2) is 0 Å². The molecule has 6 nitrogen and oxygen atoms in total. The molecule has 1 N–H and O–H groups in total.